The molecule has 5 heteroatoms. The highest BCUT2D eigenvalue weighted by Gasteiger charge is 2.22. The average molecular weight is 289 g/mol. The number of halogens is 1. The minimum Gasteiger partial charge on any atom is -0.389 e. The average Bonchev–Trinajstić information content (AvgIpc) is 2.58. The van der Waals surface area contributed by atoms with Crippen molar-refractivity contribution in [2.75, 3.05) is 13.1 Å². The summed E-state index contributed by atoms with van der Waals surface area (Å²) in [5.74, 6) is -0.102. The molecule has 2 N–H and O–H groups in total. The van der Waals surface area contributed by atoms with Crippen LogP contribution in [0.1, 0.15) is 31.3 Å². The predicted octanol–water partition coefficient (Wildman–Crippen LogP) is 2.01. The number of nitrogens with one attached hydrogen (secondary N) is 1. The molecule has 1 amide bonds. The second-order valence-electron chi connectivity index (χ2n) is 4.36. The van der Waals surface area contributed by atoms with Crippen molar-refractivity contribution in [2.45, 2.75) is 26.4 Å². The fraction of sp³-hybridized carbons (Fsp3) is 0.545. The van der Waals surface area contributed by atoms with Gasteiger partial charge in [0.15, 0.2) is 0 Å². The topological polar surface area (TPSA) is 56.3 Å². The normalized spacial score (nSPS) is 11.6. The van der Waals surface area contributed by atoms with Crippen molar-refractivity contribution in [3.05, 3.63) is 22.4 Å². The van der Waals surface area contributed by atoms with Crippen molar-refractivity contribution in [3.63, 3.8) is 0 Å². The lowest BCUT2D eigenvalue weighted by Crippen LogP contribution is -2.42. The van der Waals surface area contributed by atoms with Gasteiger partial charge in [-0.3, -0.25) is 4.79 Å². The molecule has 0 radical (unpaired) electrons. The molecule has 1 heterocycles. The first-order chi connectivity index (χ1) is 7.33. The molecule has 0 saturated heterocycles. The van der Waals surface area contributed by atoms with Gasteiger partial charge in [0.1, 0.15) is 5.69 Å². The fourth-order valence-electron chi connectivity index (χ4n) is 1.46. The van der Waals surface area contributed by atoms with Crippen LogP contribution in [0.15, 0.2) is 16.7 Å². The molecular formula is C11H17BrN2O2. The summed E-state index contributed by atoms with van der Waals surface area (Å²) in [5, 5.41) is 9.71. The van der Waals surface area contributed by atoms with E-state index in [1.807, 2.05) is 6.92 Å². The van der Waals surface area contributed by atoms with Gasteiger partial charge in [0.05, 0.1) is 5.60 Å². The number of aromatic amines is 1. The highest BCUT2D eigenvalue weighted by molar-refractivity contribution is 9.10. The van der Waals surface area contributed by atoms with E-state index in [0.29, 0.717) is 18.8 Å². The van der Waals surface area contributed by atoms with Crippen LogP contribution in [-0.4, -0.2) is 39.6 Å². The molecule has 1 aromatic heterocycles. The Hall–Kier alpha value is -0.810. The van der Waals surface area contributed by atoms with E-state index in [1.165, 1.54) is 0 Å². The molecule has 0 aliphatic heterocycles. The molecule has 1 aromatic rings. The van der Waals surface area contributed by atoms with Gasteiger partial charge >= 0.3 is 0 Å². The maximum atomic E-state index is 12.0. The Morgan fingerprint density at radius 2 is 2.25 bits per heavy atom. The number of likely N-dealkylation sites (N-methyl/N-ethyl adjacent to an activating group) is 1. The lowest BCUT2D eigenvalue weighted by molar-refractivity contribution is 0.0312. The highest BCUT2D eigenvalue weighted by atomic mass is 79.9. The molecule has 0 spiro atoms. The van der Waals surface area contributed by atoms with Crippen LogP contribution < -0.4 is 0 Å². The summed E-state index contributed by atoms with van der Waals surface area (Å²) in [5.41, 5.74) is -0.354. The van der Waals surface area contributed by atoms with Crippen LogP contribution in [0.4, 0.5) is 0 Å². The number of rotatable bonds is 4. The van der Waals surface area contributed by atoms with Gasteiger partial charge in [-0.2, -0.15) is 0 Å². The van der Waals surface area contributed by atoms with Gasteiger partial charge < -0.3 is 15.0 Å². The third kappa shape index (κ3) is 3.64. The molecule has 0 fully saturated rings. The zero-order valence-corrected chi connectivity index (χ0v) is 11.3. The van der Waals surface area contributed by atoms with Gasteiger partial charge in [0.2, 0.25) is 0 Å². The van der Waals surface area contributed by atoms with Gasteiger partial charge in [0, 0.05) is 23.8 Å². The SMILES string of the molecule is CCN(CC(C)(C)O)C(=O)c1cc(Br)c[nH]1. The zero-order valence-electron chi connectivity index (χ0n) is 9.75. The summed E-state index contributed by atoms with van der Waals surface area (Å²) in [6, 6.07) is 1.73. The molecule has 0 aromatic carbocycles. The number of amides is 1. The highest BCUT2D eigenvalue weighted by Crippen LogP contribution is 2.14. The maximum absolute atomic E-state index is 12.0. The summed E-state index contributed by atoms with van der Waals surface area (Å²) in [6.07, 6.45) is 1.71. The van der Waals surface area contributed by atoms with E-state index in [2.05, 4.69) is 20.9 Å². The Morgan fingerprint density at radius 3 is 2.62 bits per heavy atom. The molecule has 1 rings (SSSR count). The van der Waals surface area contributed by atoms with Gasteiger partial charge in [-0.25, -0.2) is 0 Å². The smallest absolute Gasteiger partial charge is 0.270 e. The molecule has 90 valence electrons. The van der Waals surface area contributed by atoms with Crippen molar-refractivity contribution in [3.8, 4) is 0 Å². The van der Waals surface area contributed by atoms with Crippen LogP contribution in [0, 0.1) is 0 Å². The third-order valence-corrected chi connectivity index (χ3v) is 2.58. The number of carbonyl (C=O) groups excluding carboxylic acids is 1. The Labute approximate surface area is 104 Å². The van der Waals surface area contributed by atoms with Crippen LogP contribution >= 0.6 is 15.9 Å². The van der Waals surface area contributed by atoms with Crippen LogP contribution in [0.5, 0.6) is 0 Å². The number of aromatic nitrogens is 1. The number of H-pyrrole nitrogens is 1. The minimum absolute atomic E-state index is 0.102. The molecule has 16 heavy (non-hydrogen) atoms. The third-order valence-electron chi connectivity index (χ3n) is 2.12. The second-order valence-corrected chi connectivity index (χ2v) is 5.28. The van der Waals surface area contributed by atoms with E-state index in [9.17, 15) is 9.90 Å². The first-order valence-electron chi connectivity index (χ1n) is 5.19. The van der Waals surface area contributed by atoms with Crippen molar-refractivity contribution in [2.24, 2.45) is 0 Å². The first kappa shape index (κ1) is 13.3. The van der Waals surface area contributed by atoms with Crippen molar-refractivity contribution >= 4 is 21.8 Å². The summed E-state index contributed by atoms with van der Waals surface area (Å²) in [6.45, 7) is 6.15. The van der Waals surface area contributed by atoms with Crippen molar-refractivity contribution in [1.82, 2.24) is 9.88 Å². The Bertz CT molecular complexity index is 368. The summed E-state index contributed by atoms with van der Waals surface area (Å²) in [4.78, 5) is 16.5. The minimum atomic E-state index is -0.879. The molecule has 0 saturated carbocycles. The molecule has 0 bridgehead atoms. The number of nitrogens with zero attached hydrogens (tertiary/aromatic N) is 1. The number of carbonyl (C=O) groups is 1. The lowest BCUT2D eigenvalue weighted by Gasteiger charge is -2.27. The molecule has 0 aliphatic carbocycles. The molecule has 4 nitrogen and oxygen atoms in total. The molecule has 0 aliphatic rings. The molecule has 0 unspecified atom stereocenters. The van der Waals surface area contributed by atoms with Crippen LogP contribution in [-0.2, 0) is 0 Å². The largest absolute Gasteiger partial charge is 0.389 e. The van der Waals surface area contributed by atoms with Crippen LogP contribution in [0.3, 0.4) is 0 Å². The van der Waals surface area contributed by atoms with Gasteiger partial charge in [-0.15, -0.1) is 0 Å². The van der Waals surface area contributed by atoms with Gasteiger partial charge in [0.25, 0.3) is 5.91 Å². The van der Waals surface area contributed by atoms with E-state index in [4.69, 9.17) is 0 Å². The van der Waals surface area contributed by atoms with Crippen molar-refractivity contribution in [1.29, 1.82) is 0 Å². The Kier molecular flexibility index (Phi) is 4.15. The van der Waals surface area contributed by atoms with Crippen molar-refractivity contribution < 1.29 is 9.90 Å². The summed E-state index contributed by atoms with van der Waals surface area (Å²) in [7, 11) is 0. The molecular weight excluding hydrogens is 272 g/mol. The first-order valence-corrected chi connectivity index (χ1v) is 5.98. The quantitative estimate of drug-likeness (QED) is 0.891. The molecule has 0 atom stereocenters. The second kappa shape index (κ2) is 5.01. The van der Waals surface area contributed by atoms with Gasteiger partial charge in [-0.05, 0) is 42.8 Å². The fourth-order valence-corrected chi connectivity index (χ4v) is 1.80. The van der Waals surface area contributed by atoms with E-state index >= 15 is 0 Å². The van der Waals surface area contributed by atoms with E-state index in [-0.39, 0.29) is 5.91 Å². The number of aliphatic hydroxyl groups is 1. The maximum Gasteiger partial charge on any atom is 0.270 e. The Morgan fingerprint density at radius 1 is 1.62 bits per heavy atom. The summed E-state index contributed by atoms with van der Waals surface area (Å²) >= 11 is 3.28. The summed E-state index contributed by atoms with van der Waals surface area (Å²) < 4.78 is 0.843. The predicted molar refractivity (Wildman–Crippen MR) is 66.4 cm³/mol. The Balaban J connectivity index is 2.78. The lowest BCUT2D eigenvalue weighted by atomic mass is 10.1. The standard InChI is InChI=1S/C11H17BrN2O2/c1-4-14(7-11(2,3)16)10(15)9-5-8(12)6-13-9/h5-6,13,16H,4,7H2,1-3H3. The van der Waals surface area contributed by atoms with Crippen LogP contribution in [0.25, 0.3) is 0 Å². The van der Waals surface area contributed by atoms with E-state index in [1.54, 1.807) is 31.0 Å². The number of hydrogen-bond acceptors (Lipinski definition) is 2. The zero-order chi connectivity index (χ0) is 12.3. The monoisotopic (exact) mass is 288 g/mol. The number of hydrogen-bond donors (Lipinski definition) is 2. The van der Waals surface area contributed by atoms with Crippen LogP contribution in [0.2, 0.25) is 0 Å². The van der Waals surface area contributed by atoms with E-state index in [0.717, 1.165) is 4.47 Å². The van der Waals surface area contributed by atoms with E-state index < -0.39 is 5.60 Å². The van der Waals surface area contributed by atoms with Gasteiger partial charge in [-0.1, -0.05) is 0 Å².